The first-order chi connectivity index (χ1) is 8.81. The van der Waals surface area contributed by atoms with E-state index in [4.69, 9.17) is 0 Å². The Morgan fingerprint density at radius 1 is 1.22 bits per heavy atom. The second-order valence-corrected chi connectivity index (χ2v) is 3.90. The van der Waals surface area contributed by atoms with E-state index in [1.807, 2.05) is 37.3 Å². The van der Waals surface area contributed by atoms with E-state index in [-0.39, 0.29) is 5.91 Å². The molecule has 92 valence electrons. The summed E-state index contributed by atoms with van der Waals surface area (Å²) in [5.74, 6) is -0.0885. The Morgan fingerprint density at radius 3 is 2.61 bits per heavy atom. The molecule has 0 radical (unpaired) electrons. The van der Waals surface area contributed by atoms with Gasteiger partial charge in [0.1, 0.15) is 5.69 Å². The van der Waals surface area contributed by atoms with Crippen LogP contribution >= 0.6 is 0 Å². The maximum atomic E-state index is 12.2. The number of carbonyl (C=O) groups excluding carboxylic acids is 1. The molecule has 4 heteroatoms. The van der Waals surface area contributed by atoms with E-state index >= 15 is 0 Å². The third-order valence-corrected chi connectivity index (χ3v) is 2.67. The van der Waals surface area contributed by atoms with Crippen molar-refractivity contribution in [3.8, 4) is 0 Å². The van der Waals surface area contributed by atoms with Crippen molar-refractivity contribution in [2.45, 2.75) is 13.5 Å². The molecule has 18 heavy (non-hydrogen) atoms. The van der Waals surface area contributed by atoms with Gasteiger partial charge in [-0.1, -0.05) is 30.3 Å². The van der Waals surface area contributed by atoms with Crippen molar-refractivity contribution in [3.05, 3.63) is 60.2 Å². The molecule has 0 spiro atoms. The Labute approximate surface area is 106 Å². The summed E-state index contributed by atoms with van der Waals surface area (Å²) < 4.78 is 0. The van der Waals surface area contributed by atoms with E-state index in [0.29, 0.717) is 18.8 Å². The molecule has 0 aliphatic carbocycles. The molecular weight excluding hydrogens is 226 g/mol. The van der Waals surface area contributed by atoms with E-state index in [2.05, 4.69) is 9.97 Å². The zero-order chi connectivity index (χ0) is 12.8. The summed E-state index contributed by atoms with van der Waals surface area (Å²) in [5, 5.41) is 0. The third-order valence-electron chi connectivity index (χ3n) is 2.67. The monoisotopic (exact) mass is 241 g/mol. The molecule has 0 bridgehead atoms. The number of nitrogens with zero attached hydrogens (tertiary/aromatic N) is 3. The summed E-state index contributed by atoms with van der Waals surface area (Å²) in [6.07, 6.45) is 4.59. The van der Waals surface area contributed by atoms with E-state index in [9.17, 15) is 4.79 Å². The molecule has 0 N–H and O–H groups in total. The predicted octanol–water partition coefficient (Wildman–Crippen LogP) is 2.14. The van der Waals surface area contributed by atoms with Crippen LogP contribution in [-0.2, 0) is 6.54 Å². The number of amides is 1. The minimum Gasteiger partial charge on any atom is -0.333 e. The minimum absolute atomic E-state index is 0.0885. The highest BCUT2D eigenvalue weighted by molar-refractivity contribution is 5.91. The van der Waals surface area contributed by atoms with Crippen LogP contribution in [0, 0.1) is 0 Å². The summed E-state index contributed by atoms with van der Waals surface area (Å²) in [7, 11) is 0. The molecule has 0 atom stereocenters. The fourth-order valence-corrected chi connectivity index (χ4v) is 1.70. The van der Waals surface area contributed by atoms with Crippen molar-refractivity contribution in [1.82, 2.24) is 14.9 Å². The highest BCUT2D eigenvalue weighted by atomic mass is 16.2. The summed E-state index contributed by atoms with van der Waals surface area (Å²) >= 11 is 0. The summed E-state index contributed by atoms with van der Waals surface area (Å²) in [5.41, 5.74) is 1.49. The SMILES string of the molecule is CCN(Cc1ccccc1)C(=O)c1cnccn1. The highest BCUT2D eigenvalue weighted by Crippen LogP contribution is 2.07. The Morgan fingerprint density at radius 2 is 2.00 bits per heavy atom. The Hall–Kier alpha value is -2.23. The lowest BCUT2D eigenvalue weighted by atomic mass is 10.2. The van der Waals surface area contributed by atoms with E-state index in [1.165, 1.54) is 12.4 Å². The van der Waals surface area contributed by atoms with Gasteiger partial charge in [0, 0.05) is 25.5 Å². The molecule has 2 rings (SSSR count). The maximum Gasteiger partial charge on any atom is 0.274 e. The zero-order valence-corrected chi connectivity index (χ0v) is 10.3. The first-order valence-corrected chi connectivity index (χ1v) is 5.90. The predicted molar refractivity (Wildman–Crippen MR) is 68.9 cm³/mol. The van der Waals surface area contributed by atoms with E-state index in [1.54, 1.807) is 11.1 Å². The van der Waals surface area contributed by atoms with E-state index < -0.39 is 0 Å². The molecule has 1 aromatic heterocycles. The first kappa shape index (κ1) is 12.2. The van der Waals surface area contributed by atoms with Gasteiger partial charge in [-0.05, 0) is 12.5 Å². The van der Waals surface area contributed by atoms with Gasteiger partial charge in [-0.25, -0.2) is 4.98 Å². The fraction of sp³-hybridized carbons (Fsp3) is 0.214. The molecule has 0 saturated carbocycles. The number of aromatic nitrogens is 2. The molecule has 0 saturated heterocycles. The van der Waals surface area contributed by atoms with Crippen LogP contribution < -0.4 is 0 Å². The molecule has 2 aromatic rings. The van der Waals surface area contributed by atoms with Crippen LogP contribution in [0.3, 0.4) is 0 Å². The number of benzene rings is 1. The minimum atomic E-state index is -0.0885. The number of rotatable bonds is 4. The van der Waals surface area contributed by atoms with Crippen molar-refractivity contribution in [2.24, 2.45) is 0 Å². The lowest BCUT2D eigenvalue weighted by Crippen LogP contribution is -2.31. The summed E-state index contributed by atoms with van der Waals surface area (Å²) in [6, 6.07) is 9.91. The molecule has 0 unspecified atom stereocenters. The van der Waals surface area contributed by atoms with Crippen molar-refractivity contribution >= 4 is 5.91 Å². The fourth-order valence-electron chi connectivity index (χ4n) is 1.70. The van der Waals surface area contributed by atoms with Crippen molar-refractivity contribution in [2.75, 3.05) is 6.54 Å². The van der Waals surface area contributed by atoms with Crippen LogP contribution in [0.4, 0.5) is 0 Å². The quantitative estimate of drug-likeness (QED) is 0.823. The maximum absolute atomic E-state index is 12.2. The van der Waals surface area contributed by atoms with Gasteiger partial charge >= 0.3 is 0 Å². The number of hydrogen-bond donors (Lipinski definition) is 0. The normalized spacial score (nSPS) is 10.1. The van der Waals surface area contributed by atoms with Crippen LogP contribution in [0.25, 0.3) is 0 Å². The van der Waals surface area contributed by atoms with Crippen LogP contribution in [0.1, 0.15) is 23.0 Å². The highest BCUT2D eigenvalue weighted by Gasteiger charge is 2.15. The largest absolute Gasteiger partial charge is 0.333 e. The molecular formula is C14H15N3O. The number of hydrogen-bond acceptors (Lipinski definition) is 3. The van der Waals surface area contributed by atoms with Crippen molar-refractivity contribution < 1.29 is 4.79 Å². The lowest BCUT2D eigenvalue weighted by molar-refractivity contribution is 0.0746. The topological polar surface area (TPSA) is 46.1 Å². The first-order valence-electron chi connectivity index (χ1n) is 5.90. The Balaban J connectivity index is 2.12. The molecule has 0 aliphatic rings. The van der Waals surface area contributed by atoms with Crippen LogP contribution in [0.15, 0.2) is 48.9 Å². The number of carbonyl (C=O) groups is 1. The molecule has 1 amide bonds. The van der Waals surface area contributed by atoms with E-state index in [0.717, 1.165) is 5.56 Å². The molecule has 4 nitrogen and oxygen atoms in total. The third kappa shape index (κ3) is 2.91. The van der Waals surface area contributed by atoms with Gasteiger partial charge in [-0.2, -0.15) is 0 Å². The van der Waals surface area contributed by atoms with Crippen molar-refractivity contribution in [3.63, 3.8) is 0 Å². The van der Waals surface area contributed by atoms with Gasteiger partial charge in [0.2, 0.25) is 0 Å². The molecule has 0 fully saturated rings. The Kier molecular flexibility index (Phi) is 4.02. The van der Waals surface area contributed by atoms with Crippen LogP contribution in [0.5, 0.6) is 0 Å². The zero-order valence-electron chi connectivity index (χ0n) is 10.3. The van der Waals surface area contributed by atoms with Crippen LogP contribution in [-0.4, -0.2) is 27.3 Å². The standard InChI is InChI=1S/C14H15N3O/c1-2-17(11-12-6-4-3-5-7-12)14(18)13-10-15-8-9-16-13/h3-10H,2,11H2,1H3. The Bertz CT molecular complexity index is 499. The van der Waals surface area contributed by atoms with Gasteiger partial charge in [-0.15, -0.1) is 0 Å². The van der Waals surface area contributed by atoms with Crippen molar-refractivity contribution in [1.29, 1.82) is 0 Å². The average Bonchev–Trinajstić information content (AvgIpc) is 2.46. The molecule has 1 heterocycles. The van der Waals surface area contributed by atoms with Gasteiger partial charge < -0.3 is 4.90 Å². The average molecular weight is 241 g/mol. The molecule has 0 aliphatic heterocycles. The van der Waals surface area contributed by atoms with Gasteiger partial charge in [0.25, 0.3) is 5.91 Å². The van der Waals surface area contributed by atoms with Gasteiger partial charge in [0.05, 0.1) is 6.20 Å². The lowest BCUT2D eigenvalue weighted by Gasteiger charge is -2.20. The molecule has 1 aromatic carbocycles. The van der Waals surface area contributed by atoms with Crippen LogP contribution in [0.2, 0.25) is 0 Å². The smallest absolute Gasteiger partial charge is 0.274 e. The second kappa shape index (κ2) is 5.91. The summed E-state index contributed by atoms with van der Waals surface area (Å²) in [4.78, 5) is 21.9. The second-order valence-electron chi connectivity index (χ2n) is 3.90. The van der Waals surface area contributed by atoms with Gasteiger partial charge in [0.15, 0.2) is 0 Å². The van der Waals surface area contributed by atoms with Gasteiger partial charge in [-0.3, -0.25) is 9.78 Å². The summed E-state index contributed by atoms with van der Waals surface area (Å²) in [6.45, 7) is 3.19.